The van der Waals surface area contributed by atoms with E-state index in [0.717, 1.165) is 31.1 Å². The molecule has 0 aromatic rings. The van der Waals surface area contributed by atoms with Gasteiger partial charge in [0.1, 0.15) is 11.7 Å². The summed E-state index contributed by atoms with van der Waals surface area (Å²) in [5.74, 6) is 1.07. The fraction of sp³-hybridized carbons (Fsp3) is 0.833. The summed E-state index contributed by atoms with van der Waals surface area (Å²) in [6.45, 7) is 11.8. The molecule has 4 heteroatoms. The molecule has 0 spiro atoms. The van der Waals surface area contributed by atoms with Crippen LogP contribution >= 0.6 is 0 Å². The zero-order valence-corrected chi connectivity index (χ0v) is 18.0. The molecule has 0 aromatic heterocycles. The Morgan fingerprint density at radius 1 is 1.29 bits per heavy atom. The number of allylic oxidation sites excluding steroid dienone is 1. The minimum Gasteiger partial charge on any atom is -0.481 e. The fourth-order valence-electron chi connectivity index (χ4n) is 8.11. The molecule has 3 fully saturated rings. The molecule has 0 heterocycles. The van der Waals surface area contributed by atoms with E-state index in [9.17, 15) is 14.7 Å². The van der Waals surface area contributed by atoms with E-state index >= 15 is 0 Å². The van der Waals surface area contributed by atoms with Gasteiger partial charge in [0, 0.05) is 12.0 Å². The maximum atomic E-state index is 13.2. The number of fused-ring (bicyclic) bond motifs is 2. The maximum Gasteiger partial charge on any atom is 0.315 e. The molecule has 156 valence electrons. The van der Waals surface area contributed by atoms with Crippen LogP contribution in [0.15, 0.2) is 11.6 Å². The lowest BCUT2D eigenvalue weighted by molar-refractivity contribution is -0.186. The summed E-state index contributed by atoms with van der Waals surface area (Å²) >= 11 is 0. The normalized spacial score (nSPS) is 46.2. The van der Waals surface area contributed by atoms with Crippen molar-refractivity contribution in [1.82, 2.24) is 0 Å². The monoisotopic (exact) mass is 388 g/mol. The molecule has 28 heavy (non-hydrogen) atoms. The molecular weight excluding hydrogens is 352 g/mol. The number of carbonyl (C=O) groups excluding carboxylic acids is 1. The van der Waals surface area contributed by atoms with Crippen LogP contribution in [-0.2, 0) is 14.3 Å². The molecule has 7 atom stereocenters. The molecule has 0 aromatic carbocycles. The highest BCUT2D eigenvalue weighted by Crippen LogP contribution is 2.82. The van der Waals surface area contributed by atoms with E-state index in [1.165, 1.54) is 0 Å². The molecule has 1 N–H and O–H groups in total. The first-order chi connectivity index (χ1) is 13.2. The van der Waals surface area contributed by atoms with E-state index in [1.54, 1.807) is 0 Å². The lowest BCUT2D eigenvalue weighted by Crippen LogP contribution is -2.63. The number of rotatable bonds is 7. The Morgan fingerprint density at radius 3 is 2.57 bits per heavy atom. The van der Waals surface area contributed by atoms with Crippen molar-refractivity contribution >= 4 is 12.3 Å². The van der Waals surface area contributed by atoms with Gasteiger partial charge >= 0.3 is 5.97 Å². The number of aliphatic carboxylic acids is 1. The number of carbonyl (C=O) groups is 2. The summed E-state index contributed by atoms with van der Waals surface area (Å²) in [5.41, 5.74) is -1.35. The van der Waals surface area contributed by atoms with Crippen molar-refractivity contribution in [2.45, 2.75) is 60.3 Å². The number of aldehydes is 1. The van der Waals surface area contributed by atoms with Gasteiger partial charge in [-0.2, -0.15) is 0 Å². The molecule has 3 saturated carbocycles. The molecule has 0 unspecified atom stereocenters. The van der Waals surface area contributed by atoms with E-state index in [2.05, 4.69) is 40.7 Å². The average Bonchev–Trinajstić information content (AvgIpc) is 3.18. The molecule has 0 radical (unpaired) electrons. The lowest BCUT2D eigenvalue weighted by atomic mass is 9.43. The van der Waals surface area contributed by atoms with Crippen LogP contribution in [0, 0.1) is 51.8 Å². The average molecular weight is 389 g/mol. The minimum absolute atomic E-state index is 0.126. The smallest absolute Gasteiger partial charge is 0.315 e. The van der Waals surface area contributed by atoms with Crippen molar-refractivity contribution in [3.8, 4) is 0 Å². The molecule has 4 nitrogen and oxygen atoms in total. The highest BCUT2D eigenvalue weighted by molar-refractivity contribution is 5.90. The summed E-state index contributed by atoms with van der Waals surface area (Å²) in [4.78, 5) is 26.0. The maximum absolute atomic E-state index is 13.2. The van der Waals surface area contributed by atoms with E-state index in [0.29, 0.717) is 37.4 Å². The summed E-state index contributed by atoms with van der Waals surface area (Å²) in [6.07, 6.45) is 7.00. The predicted molar refractivity (Wildman–Crippen MR) is 108 cm³/mol. The standard InChI is InChI=1S/C24H36O4/c1-14(2)11-28-13-23-10-18-16(5)6-7-19(18)22(12-25)9-17(23)8-20(15(3)4)24(22,23)21(26)27/h8,12,14-19H,6-7,9-11,13H2,1-5H3,(H,26,27)/t16-,17+,18-,19-,22+,23+,24+/m1/s1. The van der Waals surface area contributed by atoms with Gasteiger partial charge in [-0.05, 0) is 54.8 Å². The number of hydrogen-bond acceptors (Lipinski definition) is 3. The van der Waals surface area contributed by atoms with Crippen molar-refractivity contribution in [3.05, 3.63) is 11.6 Å². The molecule has 4 aliphatic carbocycles. The first-order valence-electron chi connectivity index (χ1n) is 11.2. The largest absolute Gasteiger partial charge is 0.481 e. The Kier molecular flexibility index (Phi) is 4.61. The Balaban J connectivity index is 1.90. The quantitative estimate of drug-likeness (QED) is 0.512. The lowest BCUT2D eigenvalue weighted by Gasteiger charge is -2.58. The molecule has 0 amide bonds. The summed E-state index contributed by atoms with van der Waals surface area (Å²) in [6, 6.07) is 0. The highest BCUT2D eigenvalue weighted by atomic mass is 16.5. The second-order valence-corrected chi connectivity index (χ2v) is 10.9. The van der Waals surface area contributed by atoms with Gasteiger partial charge in [-0.25, -0.2) is 0 Å². The number of hydrogen-bond donors (Lipinski definition) is 1. The molecule has 4 bridgehead atoms. The van der Waals surface area contributed by atoms with Crippen LogP contribution in [0.3, 0.4) is 0 Å². The fourth-order valence-corrected chi connectivity index (χ4v) is 8.11. The molecule has 4 aliphatic rings. The Labute approximate surface area is 169 Å². The Morgan fingerprint density at radius 2 is 2.00 bits per heavy atom. The SMILES string of the molecule is CC(C)COC[C@@]12C[C@@H]3[C@H](C)CC[C@H]3[C@@]3(C=O)C[C@@H]1C=C(C(C)C)[C@@]23C(=O)O. The van der Waals surface area contributed by atoms with Crippen molar-refractivity contribution in [2.24, 2.45) is 51.8 Å². The number of ether oxygens (including phenoxy) is 1. The topological polar surface area (TPSA) is 63.6 Å². The third kappa shape index (κ3) is 2.11. The van der Waals surface area contributed by atoms with E-state index in [-0.39, 0.29) is 17.8 Å². The molecule has 4 rings (SSSR count). The van der Waals surface area contributed by atoms with Gasteiger partial charge in [-0.1, -0.05) is 52.7 Å². The van der Waals surface area contributed by atoms with Crippen LogP contribution in [-0.4, -0.2) is 30.6 Å². The second kappa shape index (κ2) is 6.42. The van der Waals surface area contributed by atoms with Gasteiger partial charge < -0.3 is 14.6 Å². The minimum atomic E-state index is -1.09. The Hall–Kier alpha value is -1.16. The van der Waals surface area contributed by atoms with Crippen LogP contribution in [0.5, 0.6) is 0 Å². The Bertz CT molecular complexity index is 709. The second-order valence-electron chi connectivity index (χ2n) is 10.9. The van der Waals surface area contributed by atoms with Crippen LogP contribution in [0.2, 0.25) is 0 Å². The van der Waals surface area contributed by atoms with Crippen molar-refractivity contribution in [1.29, 1.82) is 0 Å². The summed E-state index contributed by atoms with van der Waals surface area (Å²) in [7, 11) is 0. The van der Waals surface area contributed by atoms with Gasteiger partial charge in [-0.15, -0.1) is 0 Å². The van der Waals surface area contributed by atoms with Gasteiger partial charge in [0.05, 0.1) is 12.0 Å². The zero-order chi connectivity index (χ0) is 20.5. The number of carboxylic acids is 1. The highest BCUT2D eigenvalue weighted by Gasteiger charge is 2.84. The molecule has 0 aliphatic heterocycles. The van der Waals surface area contributed by atoms with Crippen molar-refractivity contribution in [3.63, 3.8) is 0 Å². The van der Waals surface area contributed by atoms with Gasteiger partial charge in [-0.3, -0.25) is 4.79 Å². The molecular formula is C24H36O4. The van der Waals surface area contributed by atoms with Gasteiger partial charge in [0.2, 0.25) is 0 Å². The van der Waals surface area contributed by atoms with Gasteiger partial charge in [0.15, 0.2) is 0 Å². The first kappa shape index (κ1) is 20.1. The van der Waals surface area contributed by atoms with Crippen molar-refractivity contribution < 1.29 is 19.4 Å². The van der Waals surface area contributed by atoms with Crippen LogP contribution < -0.4 is 0 Å². The van der Waals surface area contributed by atoms with E-state index < -0.39 is 22.2 Å². The molecule has 0 saturated heterocycles. The first-order valence-corrected chi connectivity index (χ1v) is 11.2. The zero-order valence-electron chi connectivity index (χ0n) is 18.0. The number of carboxylic acid groups (broad SMARTS) is 1. The third-order valence-corrected chi connectivity index (χ3v) is 8.93. The van der Waals surface area contributed by atoms with Crippen LogP contribution in [0.1, 0.15) is 60.3 Å². The van der Waals surface area contributed by atoms with E-state index in [4.69, 9.17) is 4.74 Å². The van der Waals surface area contributed by atoms with Crippen molar-refractivity contribution in [2.75, 3.05) is 13.2 Å². The van der Waals surface area contributed by atoms with Gasteiger partial charge in [0.25, 0.3) is 0 Å². The van der Waals surface area contributed by atoms with E-state index in [1.807, 2.05) is 0 Å². The van der Waals surface area contributed by atoms with Crippen LogP contribution in [0.25, 0.3) is 0 Å². The third-order valence-electron chi connectivity index (χ3n) is 8.93. The predicted octanol–water partition coefficient (Wildman–Crippen LogP) is 4.58. The summed E-state index contributed by atoms with van der Waals surface area (Å²) in [5, 5.41) is 10.8. The summed E-state index contributed by atoms with van der Waals surface area (Å²) < 4.78 is 6.20. The van der Waals surface area contributed by atoms with Crippen LogP contribution in [0.4, 0.5) is 0 Å².